The van der Waals surface area contributed by atoms with Crippen LogP contribution in [0.3, 0.4) is 0 Å². The third-order valence-corrected chi connectivity index (χ3v) is 5.98. The van der Waals surface area contributed by atoms with Gasteiger partial charge >= 0.3 is 0 Å². The minimum atomic E-state index is -3.43. The van der Waals surface area contributed by atoms with Gasteiger partial charge in [-0.3, -0.25) is 4.90 Å². The third-order valence-electron chi connectivity index (χ3n) is 4.24. The van der Waals surface area contributed by atoms with Crippen molar-refractivity contribution in [1.29, 1.82) is 0 Å². The van der Waals surface area contributed by atoms with Crippen LogP contribution in [-0.4, -0.2) is 59.4 Å². The molecule has 2 aliphatic rings. The van der Waals surface area contributed by atoms with E-state index >= 15 is 0 Å². The van der Waals surface area contributed by atoms with Gasteiger partial charge in [-0.1, -0.05) is 0 Å². The summed E-state index contributed by atoms with van der Waals surface area (Å²) in [6.45, 7) is 4.96. The maximum absolute atomic E-state index is 12.6. The summed E-state index contributed by atoms with van der Waals surface area (Å²) >= 11 is 0. The van der Waals surface area contributed by atoms with Crippen LogP contribution in [0.4, 0.5) is 0 Å². The molecule has 1 atom stereocenters. The Hall–Kier alpha value is -0.920. The first-order valence-corrected chi connectivity index (χ1v) is 8.16. The molecule has 0 aliphatic carbocycles. The van der Waals surface area contributed by atoms with Crippen molar-refractivity contribution in [3.05, 3.63) is 12.0 Å². The Labute approximate surface area is 114 Å². The number of fused-ring (bicyclic) bond motifs is 1. The second kappa shape index (κ2) is 4.57. The van der Waals surface area contributed by atoms with E-state index in [1.165, 1.54) is 6.42 Å². The van der Waals surface area contributed by atoms with Crippen molar-refractivity contribution in [3.63, 3.8) is 0 Å². The zero-order valence-electron chi connectivity index (χ0n) is 11.4. The molecule has 106 valence electrons. The molecule has 1 aromatic heterocycles. The summed E-state index contributed by atoms with van der Waals surface area (Å²) in [4.78, 5) is 6.56. The molecule has 7 heteroatoms. The summed E-state index contributed by atoms with van der Waals surface area (Å²) in [5.74, 6) is 0.720. The van der Waals surface area contributed by atoms with Crippen molar-refractivity contribution in [2.75, 3.05) is 26.2 Å². The topological polar surface area (TPSA) is 58.4 Å². The molecule has 0 saturated carbocycles. The van der Waals surface area contributed by atoms with Gasteiger partial charge < -0.3 is 4.57 Å². The summed E-state index contributed by atoms with van der Waals surface area (Å²) < 4.78 is 28.5. The zero-order chi connectivity index (χ0) is 13.6. The van der Waals surface area contributed by atoms with Crippen LogP contribution in [0.15, 0.2) is 11.2 Å². The van der Waals surface area contributed by atoms with Gasteiger partial charge in [0.2, 0.25) is 0 Å². The summed E-state index contributed by atoms with van der Waals surface area (Å²) in [6, 6.07) is 0.397. The summed E-state index contributed by atoms with van der Waals surface area (Å²) in [6.07, 6.45) is 3.89. The average molecular weight is 284 g/mol. The van der Waals surface area contributed by atoms with Gasteiger partial charge in [-0.25, -0.2) is 13.4 Å². The molecule has 1 aromatic rings. The maximum Gasteiger partial charge on any atom is 0.262 e. The number of hydrogen-bond acceptors (Lipinski definition) is 4. The van der Waals surface area contributed by atoms with Crippen LogP contribution in [0, 0.1) is 6.92 Å². The van der Waals surface area contributed by atoms with Crippen molar-refractivity contribution in [1.82, 2.24) is 18.8 Å². The van der Waals surface area contributed by atoms with Crippen molar-refractivity contribution in [2.24, 2.45) is 7.05 Å². The lowest BCUT2D eigenvalue weighted by Gasteiger charge is -2.36. The lowest BCUT2D eigenvalue weighted by Crippen LogP contribution is -2.51. The molecule has 0 radical (unpaired) electrons. The molecular formula is C12H20N4O2S. The molecule has 2 fully saturated rings. The second-order valence-corrected chi connectivity index (χ2v) is 7.32. The maximum atomic E-state index is 12.6. The van der Waals surface area contributed by atoms with Gasteiger partial charge in [0.05, 0.1) is 0 Å². The zero-order valence-corrected chi connectivity index (χ0v) is 12.2. The Morgan fingerprint density at radius 2 is 2.11 bits per heavy atom. The van der Waals surface area contributed by atoms with E-state index in [1.807, 2.05) is 14.0 Å². The van der Waals surface area contributed by atoms with E-state index in [1.54, 1.807) is 15.1 Å². The minimum Gasteiger partial charge on any atom is -0.337 e. The highest BCUT2D eigenvalue weighted by Gasteiger charge is 2.37. The van der Waals surface area contributed by atoms with Gasteiger partial charge in [0, 0.05) is 38.9 Å². The molecule has 3 rings (SSSR count). The Bertz CT molecular complexity index is 561. The van der Waals surface area contributed by atoms with E-state index in [9.17, 15) is 8.42 Å². The van der Waals surface area contributed by atoms with Crippen LogP contribution in [0.1, 0.15) is 18.7 Å². The molecule has 0 aromatic carbocycles. The van der Waals surface area contributed by atoms with E-state index in [4.69, 9.17) is 0 Å². The summed E-state index contributed by atoms with van der Waals surface area (Å²) in [5, 5.41) is 0.180. The van der Waals surface area contributed by atoms with E-state index in [0.717, 1.165) is 25.3 Å². The van der Waals surface area contributed by atoms with Crippen molar-refractivity contribution >= 4 is 10.0 Å². The van der Waals surface area contributed by atoms with Crippen LogP contribution in [0.25, 0.3) is 0 Å². The second-order valence-electron chi connectivity index (χ2n) is 5.43. The molecule has 2 aliphatic heterocycles. The number of piperazine rings is 1. The molecular weight excluding hydrogens is 264 g/mol. The normalized spacial score (nSPS) is 25.7. The summed E-state index contributed by atoms with van der Waals surface area (Å²) in [7, 11) is -1.61. The fraction of sp³-hybridized carbons (Fsp3) is 0.750. The molecule has 0 bridgehead atoms. The van der Waals surface area contributed by atoms with Crippen molar-refractivity contribution < 1.29 is 8.42 Å². The lowest BCUT2D eigenvalue weighted by atomic mass is 10.2. The lowest BCUT2D eigenvalue weighted by molar-refractivity contribution is 0.158. The number of hydrogen-bond donors (Lipinski definition) is 0. The molecule has 6 nitrogen and oxygen atoms in total. The Balaban J connectivity index is 1.84. The van der Waals surface area contributed by atoms with Gasteiger partial charge in [0.1, 0.15) is 5.82 Å². The number of aryl methyl sites for hydroxylation is 2. The first-order chi connectivity index (χ1) is 8.98. The molecule has 0 unspecified atom stereocenters. The minimum absolute atomic E-state index is 0.180. The van der Waals surface area contributed by atoms with Crippen LogP contribution in [-0.2, 0) is 17.1 Å². The molecule has 3 heterocycles. The number of aromatic nitrogens is 2. The average Bonchev–Trinajstić information content (AvgIpc) is 2.96. The largest absolute Gasteiger partial charge is 0.337 e. The fourth-order valence-electron chi connectivity index (χ4n) is 2.96. The molecule has 0 amide bonds. The Morgan fingerprint density at radius 3 is 2.79 bits per heavy atom. The number of imidazole rings is 1. The van der Waals surface area contributed by atoms with Crippen molar-refractivity contribution in [3.8, 4) is 0 Å². The summed E-state index contributed by atoms with van der Waals surface area (Å²) in [5.41, 5.74) is 0. The van der Waals surface area contributed by atoms with E-state index < -0.39 is 10.0 Å². The van der Waals surface area contributed by atoms with Gasteiger partial charge in [-0.2, -0.15) is 4.31 Å². The fourth-order valence-corrected chi connectivity index (χ4v) is 4.46. The number of rotatable bonds is 2. The van der Waals surface area contributed by atoms with Crippen LogP contribution in [0.2, 0.25) is 0 Å². The quantitative estimate of drug-likeness (QED) is 0.778. The van der Waals surface area contributed by atoms with Crippen LogP contribution >= 0.6 is 0 Å². The first-order valence-electron chi connectivity index (χ1n) is 6.72. The smallest absolute Gasteiger partial charge is 0.262 e. The molecule has 2 saturated heterocycles. The van der Waals surface area contributed by atoms with Crippen LogP contribution < -0.4 is 0 Å². The van der Waals surface area contributed by atoms with Crippen molar-refractivity contribution in [2.45, 2.75) is 30.8 Å². The van der Waals surface area contributed by atoms with Gasteiger partial charge in [0.15, 0.2) is 5.03 Å². The monoisotopic (exact) mass is 284 g/mol. The first kappa shape index (κ1) is 13.1. The highest BCUT2D eigenvalue weighted by atomic mass is 32.2. The van der Waals surface area contributed by atoms with Gasteiger partial charge in [-0.15, -0.1) is 0 Å². The standard InChI is InChI=1S/C12H20N4O2S/c1-10-13-12(9-14(10)2)19(17,18)16-7-6-15-5-3-4-11(15)8-16/h9,11H,3-8H2,1-2H3/t11-/m1/s1. The van der Waals surface area contributed by atoms with E-state index in [-0.39, 0.29) is 5.03 Å². The van der Waals surface area contributed by atoms with Gasteiger partial charge in [-0.05, 0) is 26.3 Å². The molecule has 0 spiro atoms. The van der Waals surface area contributed by atoms with E-state index in [2.05, 4.69) is 9.88 Å². The van der Waals surface area contributed by atoms with E-state index in [0.29, 0.717) is 19.1 Å². The Kier molecular flexibility index (Phi) is 3.15. The number of sulfonamides is 1. The van der Waals surface area contributed by atoms with Crippen LogP contribution in [0.5, 0.6) is 0 Å². The van der Waals surface area contributed by atoms with Gasteiger partial charge in [0.25, 0.3) is 10.0 Å². The highest BCUT2D eigenvalue weighted by Crippen LogP contribution is 2.25. The molecule has 19 heavy (non-hydrogen) atoms. The third kappa shape index (κ3) is 2.19. The predicted molar refractivity (Wildman–Crippen MR) is 71.3 cm³/mol. The predicted octanol–water partition coefficient (Wildman–Crippen LogP) is 0.197. The SMILES string of the molecule is Cc1nc(S(=O)(=O)N2CCN3CCC[C@@H]3C2)cn1C. The molecule has 0 N–H and O–H groups in total. The number of nitrogens with zero attached hydrogens (tertiary/aromatic N) is 4. The highest BCUT2D eigenvalue weighted by molar-refractivity contribution is 7.89. The Morgan fingerprint density at radius 1 is 1.32 bits per heavy atom.